The molecular weight excluding hydrogens is 276 g/mol. The van der Waals surface area contributed by atoms with Gasteiger partial charge < -0.3 is 15.5 Å². The van der Waals surface area contributed by atoms with E-state index in [0.29, 0.717) is 18.0 Å². The van der Waals surface area contributed by atoms with Crippen LogP contribution in [0, 0.1) is 5.92 Å². The number of carbonyl (C=O) groups is 1. The highest BCUT2D eigenvalue weighted by Crippen LogP contribution is 2.15. The quantitative estimate of drug-likeness (QED) is 0.662. The molecule has 1 amide bonds. The van der Waals surface area contributed by atoms with Crippen LogP contribution in [0.25, 0.3) is 0 Å². The van der Waals surface area contributed by atoms with Crippen LogP contribution >= 0.6 is 0 Å². The second-order valence-electron chi connectivity index (χ2n) is 5.87. The highest BCUT2D eigenvalue weighted by atomic mass is 16.1. The average Bonchev–Trinajstić information content (AvgIpc) is 2.55. The van der Waals surface area contributed by atoms with Gasteiger partial charge in [0.05, 0.1) is 0 Å². The molecule has 1 fully saturated rings. The van der Waals surface area contributed by atoms with Crippen molar-refractivity contribution >= 4 is 11.9 Å². The van der Waals surface area contributed by atoms with Crippen molar-refractivity contribution in [2.75, 3.05) is 27.2 Å². The molecule has 22 heavy (non-hydrogen) atoms. The van der Waals surface area contributed by atoms with Crippen LogP contribution in [0.1, 0.15) is 35.7 Å². The topological polar surface area (TPSA) is 56.7 Å². The van der Waals surface area contributed by atoms with Crippen molar-refractivity contribution in [1.29, 1.82) is 0 Å². The Kier molecular flexibility index (Phi) is 5.81. The zero-order valence-electron chi connectivity index (χ0n) is 13.7. The fourth-order valence-corrected chi connectivity index (χ4v) is 2.86. The standard InChI is InChI=1S/C17H26N4O/c1-13-6-5-9-21(12-13)17(19-3)20-11-14-7-4-8-15(10-14)16(22)18-2/h4,7-8,10,13H,5-6,9,11-12H2,1-3H3,(H,18,22)(H,19,20). The number of hydrogen-bond acceptors (Lipinski definition) is 2. The Morgan fingerprint density at radius 3 is 2.95 bits per heavy atom. The summed E-state index contributed by atoms with van der Waals surface area (Å²) in [6.45, 7) is 5.06. The van der Waals surface area contributed by atoms with E-state index in [0.717, 1.165) is 24.6 Å². The van der Waals surface area contributed by atoms with Gasteiger partial charge in [-0.15, -0.1) is 0 Å². The third-order valence-electron chi connectivity index (χ3n) is 4.04. The maximum atomic E-state index is 11.7. The molecule has 1 saturated heterocycles. The Morgan fingerprint density at radius 2 is 2.27 bits per heavy atom. The molecule has 120 valence electrons. The number of nitrogens with zero attached hydrogens (tertiary/aromatic N) is 2. The van der Waals surface area contributed by atoms with E-state index in [1.54, 1.807) is 7.05 Å². The summed E-state index contributed by atoms with van der Waals surface area (Å²) in [6, 6.07) is 7.67. The first kappa shape index (κ1) is 16.3. The van der Waals surface area contributed by atoms with E-state index in [4.69, 9.17) is 0 Å². The lowest BCUT2D eigenvalue weighted by Gasteiger charge is -2.33. The molecule has 1 atom stereocenters. The van der Waals surface area contributed by atoms with Gasteiger partial charge in [-0.1, -0.05) is 19.1 Å². The number of guanidine groups is 1. The van der Waals surface area contributed by atoms with E-state index in [1.807, 2.05) is 31.3 Å². The molecule has 2 rings (SSSR count). The van der Waals surface area contributed by atoms with Gasteiger partial charge in [-0.3, -0.25) is 9.79 Å². The van der Waals surface area contributed by atoms with Gasteiger partial charge in [0.15, 0.2) is 5.96 Å². The molecule has 0 bridgehead atoms. The highest BCUT2D eigenvalue weighted by Gasteiger charge is 2.19. The third-order valence-corrected chi connectivity index (χ3v) is 4.04. The van der Waals surface area contributed by atoms with E-state index in [2.05, 4.69) is 27.4 Å². The molecule has 5 nitrogen and oxygen atoms in total. The lowest BCUT2D eigenvalue weighted by Crippen LogP contribution is -2.45. The smallest absolute Gasteiger partial charge is 0.251 e. The molecule has 1 aromatic carbocycles. The molecular formula is C17H26N4O. The van der Waals surface area contributed by atoms with Gasteiger partial charge in [0.1, 0.15) is 0 Å². The third kappa shape index (κ3) is 4.23. The Morgan fingerprint density at radius 1 is 1.45 bits per heavy atom. The average molecular weight is 302 g/mol. The molecule has 2 N–H and O–H groups in total. The number of likely N-dealkylation sites (tertiary alicyclic amines) is 1. The Bertz CT molecular complexity index is 541. The minimum Gasteiger partial charge on any atom is -0.355 e. The van der Waals surface area contributed by atoms with Crippen LogP contribution in [0.2, 0.25) is 0 Å². The van der Waals surface area contributed by atoms with Crippen molar-refractivity contribution in [1.82, 2.24) is 15.5 Å². The number of amides is 1. The Labute approximate surface area is 132 Å². The zero-order chi connectivity index (χ0) is 15.9. The van der Waals surface area contributed by atoms with E-state index >= 15 is 0 Å². The Hall–Kier alpha value is -2.04. The molecule has 0 saturated carbocycles. The molecule has 0 radical (unpaired) electrons. The normalized spacial score (nSPS) is 19.0. The molecule has 1 aliphatic rings. The lowest BCUT2D eigenvalue weighted by molar-refractivity contribution is 0.0963. The number of hydrogen-bond donors (Lipinski definition) is 2. The van der Waals surface area contributed by atoms with Gasteiger partial charge in [-0.25, -0.2) is 0 Å². The SMILES string of the molecule is CN=C(NCc1cccc(C(=O)NC)c1)N1CCCC(C)C1. The van der Waals surface area contributed by atoms with Gasteiger partial charge in [0.25, 0.3) is 5.91 Å². The van der Waals surface area contributed by atoms with E-state index < -0.39 is 0 Å². The van der Waals surface area contributed by atoms with Crippen LogP contribution in [0.5, 0.6) is 0 Å². The minimum absolute atomic E-state index is 0.0592. The van der Waals surface area contributed by atoms with Gasteiger partial charge in [0.2, 0.25) is 0 Å². The number of piperidine rings is 1. The van der Waals surface area contributed by atoms with Crippen molar-refractivity contribution in [3.63, 3.8) is 0 Å². The molecule has 0 aromatic heterocycles. The van der Waals surface area contributed by atoms with Crippen molar-refractivity contribution in [2.24, 2.45) is 10.9 Å². The van der Waals surface area contributed by atoms with Gasteiger partial charge >= 0.3 is 0 Å². The van der Waals surface area contributed by atoms with Crippen molar-refractivity contribution in [2.45, 2.75) is 26.3 Å². The maximum Gasteiger partial charge on any atom is 0.251 e. The molecule has 1 unspecified atom stereocenters. The van der Waals surface area contributed by atoms with Gasteiger partial charge in [-0.2, -0.15) is 0 Å². The first-order chi connectivity index (χ1) is 10.6. The monoisotopic (exact) mass is 302 g/mol. The Balaban J connectivity index is 1.97. The molecule has 5 heteroatoms. The van der Waals surface area contributed by atoms with Crippen LogP contribution in [-0.2, 0) is 6.54 Å². The van der Waals surface area contributed by atoms with E-state index in [9.17, 15) is 4.79 Å². The molecule has 0 spiro atoms. The van der Waals surface area contributed by atoms with Crippen LogP contribution in [0.15, 0.2) is 29.3 Å². The molecule has 0 aliphatic carbocycles. The van der Waals surface area contributed by atoms with E-state index in [-0.39, 0.29) is 5.91 Å². The first-order valence-electron chi connectivity index (χ1n) is 7.90. The number of aliphatic imine (C=N–C) groups is 1. The predicted molar refractivity (Wildman–Crippen MR) is 90.0 cm³/mol. The first-order valence-corrected chi connectivity index (χ1v) is 7.90. The van der Waals surface area contributed by atoms with Gasteiger partial charge in [-0.05, 0) is 36.5 Å². The molecule has 1 aliphatic heterocycles. The van der Waals surface area contributed by atoms with E-state index in [1.165, 1.54) is 12.8 Å². The second-order valence-corrected chi connectivity index (χ2v) is 5.87. The number of benzene rings is 1. The summed E-state index contributed by atoms with van der Waals surface area (Å²) < 4.78 is 0. The zero-order valence-corrected chi connectivity index (χ0v) is 13.7. The predicted octanol–water partition coefficient (Wildman–Crippen LogP) is 1.85. The summed E-state index contributed by atoms with van der Waals surface area (Å²) >= 11 is 0. The minimum atomic E-state index is -0.0592. The number of nitrogens with one attached hydrogen (secondary N) is 2. The fraction of sp³-hybridized carbons (Fsp3) is 0.529. The van der Waals surface area contributed by atoms with Crippen molar-refractivity contribution in [3.05, 3.63) is 35.4 Å². The second kappa shape index (κ2) is 7.82. The van der Waals surface area contributed by atoms with Crippen LogP contribution in [0.4, 0.5) is 0 Å². The van der Waals surface area contributed by atoms with Crippen LogP contribution in [-0.4, -0.2) is 44.0 Å². The molecule has 1 heterocycles. The number of rotatable bonds is 3. The highest BCUT2D eigenvalue weighted by molar-refractivity contribution is 5.94. The summed E-state index contributed by atoms with van der Waals surface area (Å²) in [6.07, 6.45) is 2.51. The summed E-state index contributed by atoms with van der Waals surface area (Å²) in [7, 11) is 3.47. The van der Waals surface area contributed by atoms with Crippen LogP contribution < -0.4 is 10.6 Å². The van der Waals surface area contributed by atoms with Gasteiger partial charge in [0, 0.05) is 39.3 Å². The van der Waals surface area contributed by atoms with Crippen LogP contribution in [0.3, 0.4) is 0 Å². The van der Waals surface area contributed by atoms with Crippen molar-refractivity contribution < 1.29 is 4.79 Å². The lowest BCUT2D eigenvalue weighted by atomic mass is 10.0. The van der Waals surface area contributed by atoms with Crippen molar-refractivity contribution in [3.8, 4) is 0 Å². The number of carbonyl (C=O) groups excluding carboxylic acids is 1. The fourth-order valence-electron chi connectivity index (χ4n) is 2.86. The summed E-state index contributed by atoms with van der Waals surface area (Å²) in [5, 5.41) is 6.05. The summed E-state index contributed by atoms with van der Waals surface area (Å²) in [5.74, 6) is 1.59. The maximum absolute atomic E-state index is 11.7. The largest absolute Gasteiger partial charge is 0.355 e. The summed E-state index contributed by atoms with van der Waals surface area (Å²) in [5.41, 5.74) is 1.76. The summed E-state index contributed by atoms with van der Waals surface area (Å²) in [4.78, 5) is 18.4. The molecule has 1 aromatic rings.